The maximum atomic E-state index is 11.5. The molecule has 2 fully saturated rings. The van der Waals surface area contributed by atoms with Crippen molar-refractivity contribution in [2.75, 3.05) is 37.7 Å². The lowest BCUT2D eigenvalue weighted by Crippen LogP contribution is -2.65. The fourth-order valence-electron chi connectivity index (χ4n) is 3.72. The molecule has 10 heteroatoms. The standard InChI is InChI=1S/C20H29N3O7/c1-12(25)21-17-19(28)18(27)16(11-24)30-20(17)29-15-5-3-14(4-6-15)23-9-7-22(8-10-23)13(2)26/h3-6,16-20,24,27-28H,7-11H2,1-2H3,(H,21,25)/t16-,17+,18+,19-,20-/m1/s1. The summed E-state index contributed by atoms with van der Waals surface area (Å²) in [7, 11) is 0. The van der Waals surface area contributed by atoms with E-state index in [1.165, 1.54) is 6.92 Å². The van der Waals surface area contributed by atoms with E-state index in [4.69, 9.17) is 9.47 Å². The van der Waals surface area contributed by atoms with Crippen molar-refractivity contribution in [2.45, 2.75) is 44.5 Å². The summed E-state index contributed by atoms with van der Waals surface area (Å²) in [5.41, 5.74) is 0.984. The van der Waals surface area contributed by atoms with Crippen LogP contribution in [0.3, 0.4) is 0 Å². The lowest BCUT2D eigenvalue weighted by molar-refractivity contribution is -0.244. The van der Waals surface area contributed by atoms with Gasteiger partial charge >= 0.3 is 0 Å². The van der Waals surface area contributed by atoms with Gasteiger partial charge in [0.25, 0.3) is 0 Å². The molecule has 4 N–H and O–H groups in total. The van der Waals surface area contributed by atoms with E-state index >= 15 is 0 Å². The number of hydrogen-bond acceptors (Lipinski definition) is 8. The molecular formula is C20H29N3O7. The Morgan fingerprint density at radius 2 is 1.73 bits per heavy atom. The monoisotopic (exact) mass is 423 g/mol. The highest BCUT2D eigenvalue weighted by Gasteiger charge is 2.46. The second-order valence-electron chi connectivity index (χ2n) is 7.54. The number of aliphatic hydroxyl groups excluding tert-OH is 3. The van der Waals surface area contributed by atoms with E-state index in [2.05, 4.69) is 10.2 Å². The van der Waals surface area contributed by atoms with E-state index in [0.29, 0.717) is 18.8 Å². The Morgan fingerprint density at radius 3 is 2.27 bits per heavy atom. The van der Waals surface area contributed by atoms with Crippen LogP contribution in [0, 0.1) is 0 Å². The summed E-state index contributed by atoms with van der Waals surface area (Å²) in [6.45, 7) is 5.16. The van der Waals surface area contributed by atoms with Gasteiger partial charge in [0.2, 0.25) is 18.1 Å². The average molecular weight is 423 g/mol. The molecule has 0 saturated carbocycles. The van der Waals surface area contributed by atoms with Gasteiger partial charge < -0.3 is 39.9 Å². The van der Waals surface area contributed by atoms with Crippen molar-refractivity contribution in [3.8, 4) is 5.75 Å². The quantitative estimate of drug-likeness (QED) is 0.459. The number of carbonyl (C=O) groups is 2. The SMILES string of the molecule is CC(=O)N[C@@H]1[C@H](Oc2ccc(N3CCN(C(C)=O)CC3)cc2)O[C@H](CO)[C@H](O)[C@@H]1O. The maximum absolute atomic E-state index is 11.5. The first-order valence-corrected chi connectivity index (χ1v) is 9.97. The molecule has 0 aromatic heterocycles. The number of hydrogen-bond donors (Lipinski definition) is 4. The first kappa shape index (κ1) is 22.3. The summed E-state index contributed by atoms with van der Waals surface area (Å²) >= 11 is 0. The number of rotatable bonds is 5. The van der Waals surface area contributed by atoms with Crippen LogP contribution < -0.4 is 15.0 Å². The molecule has 2 amide bonds. The highest BCUT2D eigenvalue weighted by Crippen LogP contribution is 2.26. The van der Waals surface area contributed by atoms with Gasteiger partial charge in [-0.25, -0.2) is 0 Å². The Hall–Kier alpha value is -2.40. The Balaban J connectivity index is 1.67. The third-order valence-corrected chi connectivity index (χ3v) is 5.43. The number of carbonyl (C=O) groups excluding carboxylic acids is 2. The van der Waals surface area contributed by atoms with E-state index in [9.17, 15) is 24.9 Å². The van der Waals surface area contributed by atoms with Gasteiger partial charge in [-0.1, -0.05) is 0 Å². The number of nitrogens with zero attached hydrogens (tertiary/aromatic N) is 2. The van der Waals surface area contributed by atoms with Crippen LogP contribution in [0.4, 0.5) is 5.69 Å². The topological polar surface area (TPSA) is 132 Å². The first-order valence-electron chi connectivity index (χ1n) is 9.97. The molecule has 2 saturated heterocycles. The third-order valence-electron chi connectivity index (χ3n) is 5.43. The average Bonchev–Trinajstić information content (AvgIpc) is 2.73. The van der Waals surface area contributed by atoms with Gasteiger partial charge in [0.1, 0.15) is 30.1 Å². The number of aliphatic hydroxyl groups is 3. The van der Waals surface area contributed by atoms with Crippen LogP contribution in [0.15, 0.2) is 24.3 Å². The fraction of sp³-hybridized carbons (Fsp3) is 0.600. The lowest BCUT2D eigenvalue weighted by Gasteiger charge is -2.42. The zero-order valence-electron chi connectivity index (χ0n) is 17.1. The van der Waals surface area contributed by atoms with Gasteiger partial charge in [-0.2, -0.15) is 0 Å². The molecule has 3 rings (SSSR count). The number of benzene rings is 1. The predicted octanol–water partition coefficient (Wildman–Crippen LogP) is -1.32. The van der Waals surface area contributed by atoms with E-state index in [1.807, 2.05) is 17.0 Å². The van der Waals surface area contributed by atoms with Crippen molar-refractivity contribution in [3.63, 3.8) is 0 Å². The number of nitrogens with one attached hydrogen (secondary N) is 1. The van der Waals surface area contributed by atoms with Gasteiger partial charge in [0.05, 0.1) is 6.61 Å². The summed E-state index contributed by atoms with van der Waals surface area (Å²) in [4.78, 5) is 26.9. The van der Waals surface area contributed by atoms with Crippen LogP contribution >= 0.6 is 0 Å². The van der Waals surface area contributed by atoms with Crippen molar-refractivity contribution in [1.29, 1.82) is 0 Å². The largest absolute Gasteiger partial charge is 0.463 e. The first-order chi connectivity index (χ1) is 14.3. The Morgan fingerprint density at radius 1 is 1.10 bits per heavy atom. The normalized spacial score (nSPS) is 29.4. The molecule has 10 nitrogen and oxygen atoms in total. The molecule has 30 heavy (non-hydrogen) atoms. The molecule has 1 aromatic rings. The molecule has 2 aliphatic rings. The summed E-state index contributed by atoms with van der Waals surface area (Å²) in [5, 5.41) is 32.3. The molecule has 0 bridgehead atoms. The molecule has 0 unspecified atom stereocenters. The molecule has 2 heterocycles. The highest BCUT2D eigenvalue weighted by atomic mass is 16.7. The summed E-state index contributed by atoms with van der Waals surface area (Å²) in [6.07, 6.45) is -4.84. The van der Waals surface area contributed by atoms with Crippen molar-refractivity contribution in [1.82, 2.24) is 10.2 Å². The van der Waals surface area contributed by atoms with E-state index in [0.717, 1.165) is 18.8 Å². The smallest absolute Gasteiger partial charge is 0.223 e. The molecule has 5 atom stereocenters. The Labute approximate surface area is 175 Å². The van der Waals surface area contributed by atoms with Gasteiger partial charge in [-0.15, -0.1) is 0 Å². The van der Waals surface area contributed by atoms with Gasteiger partial charge in [-0.05, 0) is 24.3 Å². The number of piperazine rings is 1. The number of amides is 2. The molecule has 1 aromatic carbocycles. The predicted molar refractivity (Wildman–Crippen MR) is 107 cm³/mol. The minimum Gasteiger partial charge on any atom is -0.463 e. The van der Waals surface area contributed by atoms with Crippen LogP contribution in [0.2, 0.25) is 0 Å². The maximum Gasteiger partial charge on any atom is 0.223 e. The van der Waals surface area contributed by atoms with E-state index in [1.54, 1.807) is 19.1 Å². The second kappa shape index (κ2) is 9.61. The van der Waals surface area contributed by atoms with Crippen molar-refractivity contribution in [3.05, 3.63) is 24.3 Å². The van der Waals surface area contributed by atoms with Crippen molar-refractivity contribution < 1.29 is 34.4 Å². The van der Waals surface area contributed by atoms with Crippen LogP contribution in [-0.4, -0.2) is 95.5 Å². The van der Waals surface area contributed by atoms with Gasteiger partial charge in [0.15, 0.2) is 0 Å². The molecule has 166 valence electrons. The van der Waals surface area contributed by atoms with Gasteiger partial charge in [-0.3, -0.25) is 9.59 Å². The summed E-state index contributed by atoms with van der Waals surface area (Å²) < 4.78 is 11.4. The molecular weight excluding hydrogens is 394 g/mol. The zero-order chi connectivity index (χ0) is 21.8. The minimum atomic E-state index is -1.36. The minimum absolute atomic E-state index is 0.0769. The van der Waals surface area contributed by atoms with Crippen molar-refractivity contribution in [2.24, 2.45) is 0 Å². The van der Waals surface area contributed by atoms with Crippen LogP contribution in [0.1, 0.15) is 13.8 Å². The second-order valence-corrected chi connectivity index (χ2v) is 7.54. The molecule has 0 aliphatic carbocycles. The van der Waals surface area contributed by atoms with Gasteiger partial charge in [0, 0.05) is 45.7 Å². The van der Waals surface area contributed by atoms with Crippen LogP contribution in [0.25, 0.3) is 0 Å². The molecule has 0 radical (unpaired) electrons. The summed E-state index contributed by atoms with van der Waals surface area (Å²) in [5.74, 6) is 0.112. The Kier molecular flexibility index (Phi) is 7.14. The highest BCUT2D eigenvalue weighted by molar-refractivity contribution is 5.74. The van der Waals surface area contributed by atoms with Crippen molar-refractivity contribution >= 4 is 17.5 Å². The summed E-state index contributed by atoms with van der Waals surface area (Å²) in [6, 6.07) is 6.24. The van der Waals surface area contributed by atoms with E-state index < -0.39 is 43.2 Å². The van der Waals surface area contributed by atoms with E-state index in [-0.39, 0.29) is 5.91 Å². The third kappa shape index (κ3) is 5.01. The lowest BCUT2D eigenvalue weighted by atomic mass is 9.97. The van der Waals surface area contributed by atoms with Crippen LogP contribution in [0.5, 0.6) is 5.75 Å². The molecule has 0 spiro atoms. The van der Waals surface area contributed by atoms with Crippen LogP contribution in [-0.2, 0) is 14.3 Å². The number of anilines is 1. The molecule has 2 aliphatic heterocycles. The fourth-order valence-corrected chi connectivity index (χ4v) is 3.72. The number of ether oxygens (including phenoxy) is 2. The zero-order valence-corrected chi connectivity index (χ0v) is 17.1. The Bertz CT molecular complexity index is 736.